The molecule has 0 saturated carbocycles. The van der Waals surface area contributed by atoms with E-state index in [0.717, 1.165) is 11.3 Å². The Morgan fingerprint density at radius 2 is 1.86 bits per heavy atom. The number of hydrogen-bond donors (Lipinski definition) is 0. The number of carbonyl (C=O) groups excluding carboxylic acids is 1. The number of methoxy groups -OCH3 is 1. The minimum atomic E-state index is -4.06. The highest BCUT2D eigenvalue weighted by Gasteiger charge is 2.19. The summed E-state index contributed by atoms with van der Waals surface area (Å²) >= 11 is 7.21. The standard InChI is InChI=1S/C19H17ClN2O5S2/c1-3-27-13-8-10-14(11-9-13)29(24,25)21-19-22(18(20)17(12-23)28-19)15-6-4-5-7-16(15)26-2/h4-12H,3H2,1-2H3/b21-19-. The summed E-state index contributed by atoms with van der Waals surface area (Å²) in [6.45, 7) is 2.30. The third-order valence-corrected chi connectivity index (χ3v) is 6.70. The van der Waals surface area contributed by atoms with Gasteiger partial charge in [-0.25, -0.2) is 0 Å². The predicted molar refractivity (Wildman–Crippen MR) is 111 cm³/mol. The zero-order chi connectivity index (χ0) is 21.0. The summed E-state index contributed by atoms with van der Waals surface area (Å²) in [7, 11) is -2.58. The largest absolute Gasteiger partial charge is 0.495 e. The first kappa shape index (κ1) is 21.1. The maximum Gasteiger partial charge on any atom is 0.285 e. The minimum Gasteiger partial charge on any atom is -0.495 e. The number of para-hydroxylation sites is 2. The number of hydrogen-bond acceptors (Lipinski definition) is 6. The van der Waals surface area contributed by atoms with Crippen molar-refractivity contribution in [1.29, 1.82) is 0 Å². The molecular weight excluding hydrogens is 436 g/mol. The summed E-state index contributed by atoms with van der Waals surface area (Å²) in [5.41, 5.74) is 0.463. The highest BCUT2D eigenvalue weighted by atomic mass is 35.5. The van der Waals surface area contributed by atoms with Gasteiger partial charge in [0.05, 0.1) is 24.3 Å². The van der Waals surface area contributed by atoms with Crippen LogP contribution in [0.3, 0.4) is 0 Å². The molecule has 0 atom stereocenters. The Balaban J connectivity index is 2.20. The Kier molecular flexibility index (Phi) is 6.41. The second-order valence-corrected chi connectivity index (χ2v) is 8.61. The first-order valence-electron chi connectivity index (χ1n) is 8.45. The first-order valence-corrected chi connectivity index (χ1v) is 11.1. The van der Waals surface area contributed by atoms with Crippen molar-refractivity contribution in [2.75, 3.05) is 13.7 Å². The Labute approximate surface area is 176 Å². The number of sulfonamides is 1. The molecule has 0 N–H and O–H groups in total. The van der Waals surface area contributed by atoms with E-state index >= 15 is 0 Å². The summed E-state index contributed by atoms with van der Waals surface area (Å²) in [4.78, 5) is 11.6. The molecule has 2 aromatic carbocycles. The average molecular weight is 453 g/mol. The highest BCUT2D eigenvalue weighted by Crippen LogP contribution is 2.28. The Bertz CT molecular complexity index is 1200. The third kappa shape index (κ3) is 4.36. The van der Waals surface area contributed by atoms with Gasteiger partial charge in [-0.15, -0.1) is 4.40 Å². The fourth-order valence-electron chi connectivity index (χ4n) is 2.57. The predicted octanol–water partition coefficient (Wildman–Crippen LogP) is 3.70. The van der Waals surface area contributed by atoms with Crippen molar-refractivity contribution in [2.45, 2.75) is 11.8 Å². The normalized spacial score (nSPS) is 12.0. The molecule has 0 aliphatic heterocycles. The molecule has 0 aliphatic rings. The van der Waals surface area contributed by atoms with Gasteiger partial charge >= 0.3 is 0 Å². The van der Waals surface area contributed by atoms with Crippen LogP contribution in [0.5, 0.6) is 11.5 Å². The van der Waals surface area contributed by atoms with E-state index in [1.54, 1.807) is 36.4 Å². The second kappa shape index (κ2) is 8.81. The van der Waals surface area contributed by atoms with Gasteiger partial charge in [0.1, 0.15) is 21.5 Å². The van der Waals surface area contributed by atoms with Gasteiger partial charge in [-0.2, -0.15) is 8.42 Å². The fraction of sp³-hybridized carbons (Fsp3) is 0.158. The number of halogens is 1. The monoisotopic (exact) mass is 452 g/mol. The van der Waals surface area contributed by atoms with E-state index in [1.807, 2.05) is 6.92 Å². The molecule has 0 unspecified atom stereocenters. The molecular formula is C19H17ClN2O5S2. The van der Waals surface area contributed by atoms with Crippen molar-refractivity contribution in [2.24, 2.45) is 4.40 Å². The van der Waals surface area contributed by atoms with Crippen LogP contribution in [0, 0.1) is 0 Å². The van der Waals surface area contributed by atoms with Gasteiger partial charge in [-0.3, -0.25) is 9.36 Å². The van der Waals surface area contributed by atoms with Gasteiger partial charge in [0.2, 0.25) is 4.80 Å². The molecule has 3 rings (SSSR count). The summed E-state index contributed by atoms with van der Waals surface area (Å²) in [6.07, 6.45) is 0.557. The zero-order valence-corrected chi connectivity index (χ0v) is 17.9. The van der Waals surface area contributed by atoms with E-state index in [1.165, 1.54) is 23.8 Å². The molecule has 3 aromatic rings. The molecule has 0 fully saturated rings. The van der Waals surface area contributed by atoms with Gasteiger partial charge in [0.15, 0.2) is 6.29 Å². The molecule has 0 spiro atoms. The maximum atomic E-state index is 12.8. The van der Waals surface area contributed by atoms with Crippen molar-refractivity contribution in [1.82, 2.24) is 4.57 Å². The van der Waals surface area contributed by atoms with Crippen LogP contribution >= 0.6 is 22.9 Å². The molecule has 0 amide bonds. The van der Waals surface area contributed by atoms with Crippen molar-refractivity contribution >= 4 is 39.2 Å². The smallest absolute Gasteiger partial charge is 0.285 e. The quantitative estimate of drug-likeness (QED) is 0.510. The Morgan fingerprint density at radius 1 is 1.17 bits per heavy atom. The van der Waals surface area contributed by atoms with Crippen LogP contribution in [0.15, 0.2) is 57.8 Å². The molecule has 0 radical (unpaired) electrons. The molecule has 1 aromatic heterocycles. The summed E-state index contributed by atoms with van der Waals surface area (Å²) < 4.78 is 41.7. The van der Waals surface area contributed by atoms with Crippen LogP contribution in [-0.2, 0) is 10.0 Å². The van der Waals surface area contributed by atoms with Crippen molar-refractivity contribution in [3.8, 4) is 17.2 Å². The van der Waals surface area contributed by atoms with E-state index in [0.29, 0.717) is 30.1 Å². The van der Waals surface area contributed by atoms with Crippen LogP contribution in [0.1, 0.15) is 16.6 Å². The van der Waals surface area contributed by atoms with E-state index < -0.39 is 10.0 Å². The van der Waals surface area contributed by atoms with Gasteiger partial charge in [0.25, 0.3) is 10.0 Å². The van der Waals surface area contributed by atoms with Crippen LogP contribution in [0.2, 0.25) is 5.15 Å². The first-order chi connectivity index (χ1) is 13.9. The van der Waals surface area contributed by atoms with Crippen LogP contribution in [0.25, 0.3) is 5.69 Å². The van der Waals surface area contributed by atoms with Crippen LogP contribution < -0.4 is 14.3 Å². The number of rotatable bonds is 7. The third-order valence-electron chi connectivity index (χ3n) is 3.86. The lowest BCUT2D eigenvalue weighted by Crippen LogP contribution is -2.16. The number of aldehydes is 1. The van der Waals surface area contributed by atoms with Gasteiger partial charge < -0.3 is 9.47 Å². The second-order valence-electron chi connectivity index (χ2n) is 5.64. The molecule has 0 saturated heterocycles. The molecule has 7 nitrogen and oxygen atoms in total. The number of thiazole rings is 1. The lowest BCUT2D eigenvalue weighted by Gasteiger charge is -2.10. The Hall–Kier alpha value is -2.62. The highest BCUT2D eigenvalue weighted by molar-refractivity contribution is 7.90. The summed E-state index contributed by atoms with van der Waals surface area (Å²) in [6, 6.07) is 12.8. The molecule has 29 heavy (non-hydrogen) atoms. The lowest BCUT2D eigenvalue weighted by molar-refractivity contribution is 0.112. The van der Waals surface area contributed by atoms with Gasteiger partial charge in [0, 0.05) is 0 Å². The number of carbonyl (C=O) groups is 1. The van der Waals surface area contributed by atoms with E-state index in [9.17, 15) is 13.2 Å². The topological polar surface area (TPSA) is 87.0 Å². The van der Waals surface area contributed by atoms with Crippen molar-refractivity contribution in [3.05, 3.63) is 63.4 Å². The van der Waals surface area contributed by atoms with Crippen LogP contribution in [-0.4, -0.2) is 33.0 Å². The summed E-state index contributed by atoms with van der Waals surface area (Å²) in [5, 5.41) is 0.0511. The van der Waals surface area contributed by atoms with E-state index in [2.05, 4.69) is 4.40 Å². The lowest BCUT2D eigenvalue weighted by atomic mass is 10.3. The molecule has 1 heterocycles. The maximum absolute atomic E-state index is 12.8. The van der Waals surface area contributed by atoms with Crippen LogP contribution in [0.4, 0.5) is 0 Å². The van der Waals surface area contributed by atoms with E-state index in [4.69, 9.17) is 21.1 Å². The molecule has 152 valence electrons. The number of nitrogens with zero attached hydrogens (tertiary/aromatic N) is 2. The van der Waals surface area contributed by atoms with Gasteiger partial charge in [-0.1, -0.05) is 35.1 Å². The fourth-order valence-corrected chi connectivity index (χ4v) is 4.96. The van der Waals surface area contributed by atoms with E-state index in [-0.39, 0.29) is 19.7 Å². The van der Waals surface area contributed by atoms with Crippen molar-refractivity contribution < 1.29 is 22.7 Å². The molecule has 0 bridgehead atoms. The molecule has 0 aliphatic carbocycles. The number of benzene rings is 2. The summed E-state index contributed by atoms with van der Waals surface area (Å²) in [5.74, 6) is 1.00. The van der Waals surface area contributed by atoms with Gasteiger partial charge in [-0.05, 0) is 43.3 Å². The number of aromatic nitrogens is 1. The minimum absolute atomic E-state index is 0.00953. The molecule has 10 heteroatoms. The average Bonchev–Trinajstić information content (AvgIpc) is 3.02. The zero-order valence-electron chi connectivity index (χ0n) is 15.5. The SMILES string of the molecule is CCOc1ccc(S(=O)(=O)/N=c2\sc(C=O)c(Cl)n2-c2ccccc2OC)cc1. The Morgan fingerprint density at radius 3 is 2.48 bits per heavy atom. The number of ether oxygens (including phenoxy) is 2. The van der Waals surface area contributed by atoms with Crippen molar-refractivity contribution in [3.63, 3.8) is 0 Å².